The number of aldehydes is 1. The van der Waals surface area contributed by atoms with Crippen LogP contribution in [0.4, 0.5) is 8.78 Å². The topological polar surface area (TPSA) is 30.0 Å². The van der Waals surface area contributed by atoms with Crippen molar-refractivity contribution in [2.75, 3.05) is 0 Å². The Morgan fingerprint density at radius 1 is 1.64 bits per heavy atom. The summed E-state index contributed by atoms with van der Waals surface area (Å²) in [6.07, 6.45) is -0.758. The first-order valence-corrected chi connectivity index (χ1v) is 5.01. The summed E-state index contributed by atoms with van der Waals surface area (Å²) >= 11 is 3.07. The maximum Gasteiger partial charge on any atom is 0.265 e. The highest BCUT2D eigenvalue weighted by atomic mass is 79.9. The van der Waals surface area contributed by atoms with Gasteiger partial charge in [-0.2, -0.15) is 0 Å². The van der Waals surface area contributed by atoms with Crippen molar-refractivity contribution in [2.24, 2.45) is 0 Å². The third-order valence-electron chi connectivity index (χ3n) is 1.98. The number of carbonyl (C=O) groups is 1. The molecule has 0 radical (unpaired) electrons. The lowest BCUT2D eigenvalue weighted by atomic mass is 10.0. The van der Waals surface area contributed by atoms with E-state index in [4.69, 9.17) is 0 Å². The van der Waals surface area contributed by atoms with E-state index in [1.54, 1.807) is 0 Å². The Labute approximate surface area is 88.5 Å². The first-order chi connectivity index (χ1) is 6.61. The van der Waals surface area contributed by atoms with Gasteiger partial charge in [0.25, 0.3) is 6.43 Å². The van der Waals surface area contributed by atoms with Crippen LogP contribution in [0.25, 0.3) is 0 Å². The van der Waals surface area contributed by atoms with Crippen molar-refractivity contribution in [3.63, 3.8) is 0 Å². The van der Waals surface area contributed by atoms with Gasteiger partial charge in [-0.25, -0.2) is 8.78 Å². The fraction of sp³-hybridized carbons (Fsp3) is 0.333. The van der Waals surface area contributed by atoms with Crippen LogP contribution in [-0.2, 0) is 5.33 Å². The predicted molar refractivity (Wildman–Crippen MR) is 51.9 cm³/mol. The lowest BCUT2D eigenvalue weighted by Gasteiger charge is -2.10. The van der Waals surface area contributed by atoms with Gasteiger partial charge in [0, 0.05) is 22.7 Å². The third kappa shape index (κ3) is 1.97. The van der Waals surface area contributed by atoms with Crippen LogP contribution < -0.4 is 0 Å². The molecule has 0 N–H and O–H groups in total. The average Bonchev–Trinajstić information content (AvgIpc) is 2.16. The maximum absolute atomic E-state index is 12.6. The van der Waals surface area contributed by atoms with E-state index in [0.29, 0.717) is 11.8 Å². The number of hydrogen-bond donors (Lipinski definition) is 0. The van der Waals surface area contributed by atoms with Gasteiger partial charge in [0.1, 0.15) is 0 Å². The van der Waals surface area contributed by atoms with Crippen LogP contribution in [0.3, 0.4) is 0 Å². The highest BCUT2D eigenvalue weighted by molar-refractivity contribution is 9.08. The molecule has 0 spiro atoms. The van der Waals surface area contributed by atoms with Crippen molar-refractivity contribution in [3.8, 4) is 0 Å². The largest absolute Gasteiger partial charge is 0.298 e. The van der Waals surface area contributed by atoms with E-state index in [9.17, 15) is 13.6 Å². The van der Waals surface area contributed by atoms with Gasteiger partial charge in [-0.3, -0.25) is 9.78 Å². The molecule has 0 aliphatic rings. The molecule has 0 amide bonds. The van der Waals surface area contributed by atoms with E-state index < -0.39 is 6.43 Å². The molecule has 14 heavy (non-hydrogen) atoms. The van der Waals surface area contributed by atoms with Crippen LogP contribution in [0.5, 0.6) is 0 Å². The van der Waals surface area contributed by atoms with Crippen LogP contribution in [0, 0.1) is 6.92 Å². The smallest absolute Gasteiger partial charge is 0.265 e. The molecule has 1 aromatic heterocycles. The Morgan fingerprint density at radius 3 is 2.71 bits per heavy atom. The molecule has 76 valence electrons. The molecule has 5 heteroatoms. The molecule has 1 aromatic rings. The Hall–Kier alpha value is -0.840. The summed E-state index contributed by atoms with van der Waals surface area (Å²) < 4.78 is 25.2. The zero-order valence-electron chi connectivity index (χ0n) is 7.43. The molecule has 0 atom stereocenters. The van der Waals surface area contributed by atoms with Crippen molar-refractivity contribution >= 4 is 22.2 Å². The first kappa shape index (κ1) is 11.2. The quantitative estimate of drug-likeness (QED) is 0.620. The summed E-state index contributed by atoms with van der Waals surface area (Å²) in [5.41, 5.74) is 0.652. The van der Waals surface area contributed by atoms with Gasteiger partial charge >= 0.3 is 0 Å². The predicted octanol–water partition coefficient (Wildman–Crippen LogP) is 3.04. The summed E-state index contributed by atoms with van der Waals surface area (Å²) in [5, 5.41) is 0.257. The monoisotopic (exact) mass is 263 g/mol. The number of rotatable bonds is 3. The Bertz CT molecular complexity index is 355. The Kier molecular flexibility index (Phi) is 3.69. The maximum atomic E-state index is 12.6. The Morgan fingerprint density at radius 2 is 2.29 bits per heavy atom. The van der Waals surface area contributed by atoms with Crippen LogP contribution in [0.2, 0.25) is 0 Å². The highest BCUT2D eigenvalue weighted by Gasteiger charge is 2.18. The SMILES string of the molecule is Cc1c(C=O)cnc(CBr)c1C(F)F. The molecule has 0 fully saturated rings. The van der Waals surface area contributed by atoms with E-state index in [1.165, 1.54) is 13.1 Å². The molecule has 1 heterocycles. The van der Waals surface area contributed by atoms with Crippen LogP contribution in [0.15, 0.2) is 6.20 Å². The molecule has 0 aliphatic carbocycles. The molecule has 0 saturated heterocycles. The molecule has 0 saturated carbocycles. The average molecular weight is 264 g/mol. The fourth-order valence-electron chi connectivity index (χ4n) is 1.20. The van der Waals surface area contributed by atoms with Gasteiger partial charge in [0.2, 0.25) is 0 Å². The van der Waals surface area contributed by atoms with E-state index in [1.807, 2.05) is 0 Å². The second-order valence-corrected chi connectivity index (χ2v) is 3.31. The fourth-order valence-corrected chi connectivity index (χ4v) is 1.65. The number of aromatic nitrogens is 1. The second-order valence-electron chi connectivity index (χ2n) is 2.75. The number of nitrogens with zero attached hydrogens (tertiary/aromatic N) is 1. The van der Waals surface area contributed by atoms with E-state index >= 15 is 0 Å². The van der Waals surface area contributed by atoms with Crippen LogP contribution in [0.1, 0.15) is 33.6 Å². The van der Waals surface area contributed by atoms with Crippen LogP contribution in [-0.4, -0.2) is 11.3 Å². The number of alkyl halides is 3. The summed E-state index contributed by atoms with van der Waals surface area (Å²) in [4.78, 5) is 14.3. The lowest BCUT2D eigenvalue weighted by Crippen LogP contribution is -2.03. The van der Waals surface area contributed by atoms with Crippen molar-refractivity contribution in [1.29, 1.82) is 0 Å². The summed E-state index contributed by atoms with van der Waals surface area (Å²) in [6.45, 7) is 1.50. The molecular formula is C9H8BrF2NO. The standard InChI is InChI=1S/C9H8BrF2NO/c1-5-6(4-14)3-13-7(2-10)8(5)9(11)12/h3-4,9H,2H2,1H3. The lowest BCUT2D eigenvalue weighted by molar-refractivity contribution is 0.112. The highest BCUT2D eigenvalue weighted by Crippen LogP contribution is 2.27. The number of hydrogen-bond acceptors (Lipinski definition) is 2. The Balaban J connectivity index is 3.38. The van der Waals surface area contributed by atoms with E-state index in [-0.39, 0.29) is 22.2 Å². The van der Waals surface area contributed by atoms with Crippen molar-refractivity contribution < 1.29 is 13.6 Å². The van der Waals surface area contributed by atoms with Crippen LogP contribution >= 0.6 is 15.9 Å². The van der Waals surface area contributed by atoms with Gasteiger partial charge < -0.3 is 0 Å². The molecule has 0 aromatic carbocycles. The second kappa shape index (κ2) is 4.59. The first-order valence-electron chi connectivity index (χ1n) is 3.89. The molecule has 1 rings (SSSR count). The van der Waals surface area contributed by atoms with Gasteiger partial charge in [0.05, 0.1) is 5.69 Å². The van der Waals surface area contributed by atoms with Gasteiger partial charge in [0.15, 0.2) is 6.29 Å². The molecule has 2 nitrogen and oxygen atoms in total. The third-order valence-corrected chi connectivity index (χ3v) is 2.51. The molecular weight excluding hydrogens is 256 g/mol. The number of carbonyl (C=O) groups excluding carboxylic acids is 1. The minimum atomic E-state index is -2.60. The van der Waals surface area contributed by atoms with Crippen molar-refractivity contribution in [2.45, 2.75) is 18.7 Å². The molecule has 0 unspecified atom stereocenters. The molecule has 0 aliphatic heterocycles. The van der Waals surface area contributed by atoms with Crippen molar-refractivity contribution in [1.82, 2.24) is 4.98 Å². The normalized spacial score (nSPS) is 10.6. The van der Waals surface area contributed by atoms with E-state index in [2.05, 4.69) is 20.9 Å². The van der Waals surface area contributed by atoms with Gasteiger partial charge in [-0.15, -0.1) is 0 Å². The van der Waals surface area contributed by atoms with E-state index in [0.717, 1.165) is 0 Å². The van der Waals surface area contributed by atoms with Gasteiger partial charge in [-0.05, 0) is 12.5 Å². The zero-order chi connectivity index (χ0) is 10.7. The summed E-state index contributed by atoms with van der Waals surface area (Å²) in [7, 11) is 0. The van der Waals surface area contributed by atoms with Gasteiger partial charge in [-0.1, -0.05) is 15.9 Å². The number of pyridine rings is 1. The summed E-state index contributed by atoms with van der Waals surface area (Å²) in [6, 6.07) is 0. The molecule has 0 bridgehead atoms. The number of halogens is 3. The minimum Gasteiger partial charge on any atom is -0.298 e. The zero-order valence-corrected chi connectivity index (χ0v) is 9.01. The minimum absolute atomic E-state index is 0.147. The summed E-state index contributed by atoms with van der Waals surface area (Å²) in [5.74, 6) is 0. The van der Waals surface area contributed by atoms with Crippen molar-refractivity contribution in [3.05, 3.63) is 28.6 Å².